The van der Waals surface area contributed by atoms with E-state index >= 15 is 0 Å². The van der Waals surface area contributed by atoms with E-state index in [0.29, 0.717) is 0 Å². The third kappa shape index (κ3) is 3.70. The van der Waals surface area contributed by atoms with Gasteiger partial charge in [0, 0.05) is 18.2 Å². The van der Waals surface area contributed by atoms with Crippen LogP contribution in [0.1, 0.15) is 28.7 Å². The van der Waals surface area contributed by atoms with Crippen molar-refractivity contribution in [2.24, 2.45) is 0 Å². The molecule has 0 saturated carbocycles. The van der Waals surface area contributed by atoms with Crippen LogP contribution in [0.25, 0.3) is 11.4 Å². The van der Waals surface area contributed by atoms with Crippen LogP contribution in [0.2, 0.25) is 5.02 Å². The van der Waals surface area contributed by atoms with Crippen LogP contribution in [-0.2, 0) is 19.3 Å². The highest BCUT2D eigenvalue weighted by Gasteiger charge is 2.37. The smallest absolute Gasteiger partial charge is 0.327 e. The quantitative estimate of drug-likeness (QED) is 0.384. The van der Waals surface area contributed by atoms with Crippen LogP contribution >= 0.6 is 11.6 Å². The number of hydrogen-bond acceptors (Lipinski definition) is 3. The Morgan fingerprint density at radius 1 is 1.12 bits per heavy atom. The number of hydrogen-bond donors (Lipinski definition) is 0. The predicted octanol–water partition coefficient (Wildman–Crippen LogP) is 5.08. The second-order valence-corrected chi connectivity index (χ2v) is 7.63. The average Bonchev–Trinajstić information content (AvgIpc) is 3.12. The summed E-state index contributed by atoms with van der Waals surface area (Å²) in [5.74, 6) is -4.83. The highest BCUT2D eigenvalue weighted by Crippen LogP contribution is 2.37. The van der Waals surface area contributed by atoms with Crippen LogP contribution in [0.4, 0.5) is 26.3 Å². The molecule has 1 aliphatic heterocycles. The van der Waals surface area contributed by atoms with Crippen molar-refractivity contribution in [3.8, 4) is 11.4 Å². The molecule has 0 saturated heterocycles. The lowest BCUT2D eigenvalue weighted by molar-refractivity contribution is -0.137. The maximum Gasteiger partial charge on any atom is 0.417 e. The predicted molar refractivity (Wildman–Crippen MR) is 101 cm³/mol. The van der Waals surface area contributed by atoms with Crippen molar-refractivity contribution in [3.05, 3.63) is 69.8 Å². The Kier molecular flexibility index (Phi) is 5.40. The number of fused-ring (bicyclic) bond motifs is 1. The molecule has 3 aromatic rings. The molecule has 0 aliphatic carbocycles. The zero-order valence-corrected chi connectivity index (χ0v) is 17.0. The Hall–Kier alpha value is -3.08. The number of amides is 1. The van der Waals surface area contributed by atoms with Crippen molar-refractivity contribution in [1.82, 2.24) is 19.7 Å². The number of benzene rings is 2. The summed E-state index contributed by atoms with van der Waals surface area (Å²) in [6.45, 7) is 1.59. The molecule has 1 aromatic heterocycles. The van der Waals surface area contributed by atoms with E-state index in [0.717, 1.165) is 24.3 Å². The number of carbonyl (C=O) groups is 1. The number of nitrogens with zero attached hydrogens (tertiary/aromatic N) is 4. The van der Waals surface area contributed by atoms with E-state index in [-0.39, 0.29) is 35.9 Å². The number of carbonyl (C=O) groups excluding carboxylic acids is 1. The Labute approximate surface area is 182 Å². The van der Waals surface area contributed by atoms with Crippen LogP contribution in [0.3, 0.4) is 0 Å². The van der Waals surface area contributed by atoms with Gasteiger partial charge in [0.2, 0.25) is 0 Å². The van der Waals surface area contributed by atoms with Crippen LogP contribution in [0, 0.1) is 17.5 Å². The molecule has 0 radical (unpaired) electrons. The van der Waals surface area contributed by atoms with Gasteiger partial charge in [-0.3, -0.25) is 4.79 Å². The second kappa shape index (κ2) is 7.80. The number of rotatable bonds is 2. The highest BCUT2D eigenvalue weighted by molar-refractivity contribution is 6.34. The Bertz CT molecular complexity index is 1200. The van der Waals surface area contributed by atoms with Gasteiger partial charge in [0.05, 0.1) is 22.7 Å². The van der Waals surface area contributed by atoms with Gasteiger partial charge in [-0.25, -0.2) is 13.2 Å². The number of halogens is 7. The monoisotopic (exact) mass is 474 g/mol. The normalized spacial score (nSPS) is 16.2. The molecule has 1 amide bonds. The van der Waals surface area contributed by atoms with Gasteiger partial charge in [0.15, 0.2) is 29.1 Å². The van der Waals surface area contributed by atoms with Crippen LogP contribution in [0.15, 0.2) is 30.3 Å². The summed E-state index contributed by atoms with van der Waals surface area (Å²) in [6.07, 6.45) is -4.73. The highest BCUT2D eigenvalue weighted by atomic mass is 35.5. The van der Waals surface area contributed by atoms with E-state index in [9.17, 15) is 31.1 Å². The molecule has 32 heavy (non-hydrogen) atoms. The zero-order valence-electron chi connectivity index (χ0n) is 16.2. The molecule has 2 aromatic carbocycles. The first-order valence-electron chi connectivity index (χ1n) is 9.22. The van der Waals surface area contributed by atoms with Crippen molar-refractivity contribution in [3.63, 3.8) is 0 Å². The summed E-state index contributed by atoms with van der Waals surface area (Å²) >= 11 is 5.88. The lowest BCUT2D eigenvalue weighted by Crippen LogP contribution is -2.45. The van der Waals surface area contributed by atoms with Crippen molar-refractivity contribution >= 4 is 17.5 Å². The topological polar surface area (TPSA) is 51.0 Å². The Morgan fingerprint density at radius 2 is 1.78 bits per heavy atom. The molecule has 1 aliphatic rings. The van der Waals surface area contributed by atoms with Gasteiger partial charge >= 0.3 is 6.18 Å². The van der Waals surface area contributed by atoms with E-state index in [4.69, 9.17) is 11.6 Å². The van der Waals surface area contributed by atoms with Gasteiger partial charge in [-0.2, -0.15) is 13.2 Å². The van der Waals surface area contributed by atoms with Crippen molar-refractivity contribution in [2.45, 2.75) is 32.2 Å². The molecule has 0 bridgehead atoms. The molecule has 12 heteroatoms. The number of alkyl halides is 3. The van der Waals surface area contributed by atoms with Crippen LogP contribution < -0.4 is 0 Å². The van der Waals surface area contributed by atoms with Crippen LogP contribution in [-0.4, -0.2) is 31.6 Å². The van der Waals surface area contributed by atoms with E-state index in [1.54, 1.807) is 6.92 Å². The fraction of sp³-hybridized carbons (Fsp3) is 0.250. The van der Waals surface area contributed by atoms with Crippen molar-refractivity contribution in [2.75, 3.05) is 0 Å². The summed E-state index contributed by atoms with van der Waals surface area (Å²) in [5.41, 5.74) is -1.49. The fourth-order valence-electron chi connectivity index (χ4n) is 3.56. The maximum absolute atomic E-state index is 13.6. The van der Waals surface area contributed by atoms with Crippen molar-refractivity contribution in [1.29, 1.82) is 0 Å². The summed E-state index contributed by atoms with van der Waals surface area (Å²) in [4.78, 5) is 14.3. The van der Waals surface area contributed by atoms with Crippen molar-refractivity contribution < 1.29 is 31.1 Å². The summed E-state index contributed by atoms with van der Waals surface area (Å²) in [6, 6.07) is 4.07. The Balaban J connectivity index is 1.67. The lowest BCUT2D eigenvalue weighted by Gasteiger charge is -2.34. The van der Waals surface area contributed by atoms with E-state index in [1.165, 1.54) is 15.5 Å². The number of aromatic nitrogens is 3. The van der Waals surface area contributed by atoms with Gasteiger partial charge in [-0.15, -0.1) is 10.2 Å². The molecule has 5 nitrogen and oxygen atoms in total. The SMILES string of the molecule is C[C@H]1Cn2c(nnc2-c2cc(F)c(F)c(F)c2)CN1C(=O)c1cccc(C(F)(F)F)c1Cl. The molecule has 0 fully saturated rings. The minimum atomic E-state index is -4.73. The van der Waals surface area contributed by atoms with E-state index in [2.05, 4.69) is 10.2 Å². The second-order valence-electron chi connectivity index (χ2n) is 7.25. The fourth-order valence-corrected chi connectivity index (χ4v) is 3.87. The van der Waals surface area contributed by atoms with E-state index in [1.807, 2.05) is 0 Å². The molecule has 1 atom stereocenters. The van der Waals surface area contributed by atoms with Gasteiger partial charge in [-0.1, -0.05) is 17.7 Å². The summed E-state index contributed by atoms with van der Waals surface area (Å²) < 4.78 is 81.5. The molecule has 4 rings (SSSR count). The molecular formula is C20H13ClF6N4O. The lowest BCUT2D eigenvalue weighted by atomic mass is 10.1. The van der Waals surface area contributed by atoms with Gasteiger partial charge < -0.3 is 9.47 Å². The first kappa shape index (κ1) is 22.1. The molecule has 2 heterocycles. The van der Waals surface area contributed by atoms with Gasteiger partial charge in [-0.05, 0) is 31.2 Å². The van der Waals surface area contributed by atoms with E-state index < -0.39 is 46.2 Å². The molecular weight excluding hydrogens is 462 g/mol. The molecule has 168 valence electrons. The van der Waals surface area contributed by atoms with Gasteiger partial charge in [0.1, 0.15) is 0 Å². The maximum atomic E-state index is 13.6. The first-order valence-corrected chi connectivity index (χ1v) is 9.60. The standard InChI is InChI=1S/C20H13ClF6N4O/c1-9-7-31-15(28-29-18(31)10-5-13(22)17(24)14(23)6-10)8-30(9)19(32)11-3-2-4-12(16(11)21)20(25,26)27/h2-6,9H,7-8H2,1H3/t9-/m0/s1. The third-order valence-electron chi connectivity index (χ3n) is 5.16. The molecule has 0 spiro atoms. The largest absolute Gasteiger partial charge is 0.417 e. The first-order chi connectivity index (χ1) is 15.0. The summed E-state index contributed by atoms with van der Waals surface area (Å²) in [7, 11) is 0. The minimum Gasteiger partial charge on any atom is -0.327 e. The summed E-state index contributed by atoms with van der Waals surface area (Å²) in [5, 5.41) is 7.11. The Morgan fingerprint density at radius 3 is 2.41 bits per heavy atom. The van der Waals surface area contributed by atoms with Gasteiger partial charge in [0.25, 0.3) is 5.91 Å². The van der Waals surface area contributed by atoms with Crippen LogP contribution in [0.5, 0.6) is 0 Å². The third-order valence-corrected chi connectivity index (χ3v) is 5.56. The zero-order chi connectivity index (χ0) is 23.4. The molecule has 0 unspecified atom stereocenters. The minimum absolute atomic E-state index is 0.0481. The molecule has 0 N–H and O–H groups in total. The average molecular weight is 475 g/mol.